The summed E-state index contributed by atoms with van der Waals surface area (Å²) in [7, 11) is 0. The summed E-state index contributed by atoms with van der Waals surface area (Å²) in [6.45, 7) is 6.37. The molecule has 0 aliphatic heterocycles. The van der Waals surface area contributed by atoms with Gasteiger partial charge >= 0.3 is 0 Å². The summed E-state index contributed by atoms with van der Waals surface area (Å²) in [5.41, 5.74) is 7.76. The van der Waals surface area contributed by atoms with E-state index >= 15 is 0 Å². The van der Waals surface area contributed by atoms with Crippen molar-refractivity contribution in [1.29, 1.82) is 0 Å². The minimum atomic E-state index is 0.146. The number of benzene rings is 1. The zero-order valence-electron chi connectivity index (χ0n) is 12.3. The van der Waals surface area contributed by atoms with Gasteiger partial charge in [-0.3, -0.25) is 0 Å². The van der Waals surface area contributed by atoms with Gasteiger partial charge in [-0.25, -0.2) is 0 Å². The summed E-state index contributed by atoms with van der Waals surface area (Å²) < 4.78 is 5.73. The average molecular weight is 262 g/mol. The highest BCUT2D eigenvalue weighted by atomic mass is 16.5. The topological polar surface area (TPSA) is 47.3 Å². The molecule has 0 atom stereocenters. The van der Waals surface area contributed by atoms with E-state index in [9.17, 15) is 0 Å². The zero-order chi connectivity index (χ0) is 13.8. The first-order valence-electron chi connectivity index (χ1n) is 7.37. The van der Waals surface area contributed by atoms with Crippen LogP contribution in [0.3, 0.4) is 0 Å². The minimum Gasteiger partial charge on any atom is -0.489 e. The molecule has 0 unspecified atom stereocenters. The molecule has 0 saturated heterocycles. The molecule has 0 amide bonds. The van der Waals surface area contributed by atoms with E-state index in [0.717, 1.165) is 17.4 Å². The molecular formula is C16H26N2O. The molecule has 106 valence electrons. The van der Waals surface area contributed by atoms with Gasteiger partial charge in [0.05, 0.1) is 11.8 Å². The molecule has 0 spiro atoms. The van der Waals surface area contributed by atoms with E-state index in [4.69, 9.17) is 10.5 Å². The van der Waals surface area contributed by atoms with Crippen LogP contribution in [0.25, 0.3) is 0 Å². The first-order valence-corrected chi connectivity index (χ1v) is 7.37. The fraction of sp³-hybridized carbons (Fsp3) is 0.625. The average Bonchev–Trinajstić information content (AvgIpc) is 2.36. The summed E-state index contributed by atoms with van der Waals surface area (Å²) >= 11 is 0. The third-order valence-electron chi connectivity index (χ3n) is 3.76. The predicted octanol–water partition coefficient (Wildman–Crippen LogP) is 4.05. The third-order valence-corrected chi connectivity index (χ3v) is 3.76. The molecule has 19 heavy (non-hydrogen) atoms. The van der Waals surface area contributed by atoms with Crippen LogP contribution in [-0.4, -0.2) is 12.1 Å². The molecule has 1 aliphatic carbocycles. The largest absolute Gasteiger partial charge is 0.489 e. The number of hydrogen-bond donors (Lipinski definition) is 2. The van der Waals surface area contributed by atoms with Crippen molar-refractivity contribution in [2.24, 2.45) is 5.92 Å². The molecule has 3 N–H and O–H groups in total. The van der Waals surface area contributed by atoms with Gasteiger partial charge in [-0.1, -0.05) is 6.92 Å². The van der Waals surface area contributed by atoms with Crippen LogP contribution in [0, 0.1) is 5.92 Å². The van der Waals surface area contributed by atoms with Crippen molar-refractivity contribution in [3.63, 3.8) is 0 Å². The van der Waals surface area contributed by atoms with Gasteiger partial charge in [0.1, 0.15) is 5.75 Å². The lowest BCUT2D eigenvalue weighted by Gasteiger charge is -2.28. The highest BCUT2D eigenvalue weighted by Crippen LogP contribution is 2.30. The maximum atomic E-state index is 5.94. The lowest BCUT2D eigenvalue weighted by Crippen LogP contribution is -2.25. The van der Waals surface area contributed by atoms with Crippen LogP contribution < -0.4 is 15.8 Å². The summed E-state index contributed by atoms with van der Waals surface area (Å²) in [6, 6.07) is 6.58. The Morgan fingerprint density at radius 3 is 2.53 bits per heavy atom. The molecule has 1 aromatic rings. The molecule has 1 saturated carbocycles. The Balaban J connectivity index is 2.00. The first-order chi connectivity index (χ1) is 9.04. The Hall–Kier alpha value is -1.38. The third kappa shape index (κ3) is 4.05. The highest BCUT2D eigenvalue weighted by molar-refractivity contribution is 5.61. The summed E-state index contributed by atoms with van der Waals surface area (Å²) in [6.07, 6.45) is 5.30. The zero-order valence-corrected chi connectivity index (χ0v) is 12.3. The lowest BCUT2D eigenvalue weighted by atomic mass is 9.87. The quantitative estimate of drug-likeness (QED) is 0.805. The number of nitrogens with one attached hydrogen (secondary N) is 1. The van der Waals surface area contributed by atoms with Crippen LogP contribution in [0.15, 0.2) is 18.2 Å². The number of ether oxygens (including phenoxy) is 1. The molecule has 0 heterocycles. The minimum absolute atomic E-state index is 0.146. The molecule has 1 aromatic carbocycles. The number of nitrogen functional groups attached to an aromatic ring is 1. The van der Waals surface area contributed by atoms with Gasteiger partial charge in [0, 0.05) is 17.8 Å². The van der Waals surface area contributed by atoms with Crippen molar-refractivity contribution in [3.05, 3.63) is 18.2 Å². The Bertz CT molecular complexity index is 409. The number of anilines is 2. The Morgan fingerprint density at radius 2 is 1.89 bits per heavy atom. The molecule has 1 aliphatic rings. The number of nitrogens with two attached hydrogens (primary N) is 1. The van der Waals surface area contributed by atoms with Crippen LogP contribution in [0.4, 0.5) is 11.4 Å². The van der Waals surface area contributed by atoms with Gasteiger partial charge in [0.2, 0.25) is 0 Å². The maximum Gasteiger partial charge on any atom is 0.144 e. The molecule has 0 radical (unpaired) electrons. The van der Waals surface area contributed by atoms with Crippen LogP contribution >= 0.6 is 0 Å². The van der Waals surface area contributed by atoms with Gasteiger partial charge in [-0.2, -0.15) is 0 Å². The van der Waals surface area contributed by atoms with E-state index in [0.29, 0.717) is 11.7 Å². The van der Waals surface area contributed by atoms with E-state index in [1.807, 2.05) is 32.0 Å². The fourth-order valence-corrected chi connectivity index (χ4v) is 2.62. The van der Waals surface area contributed by atoms with Crippen LogP contribution in [0.1, 0.15) is 46.5 Å². The van der Waals surface area contributed by atoms with Crippen molar-refractivity contribution in [2.45, 2.75) is 58.6 Å². The molecule has 3 heteroatoms. The van der Waals surface area contributed by atoms with Crippen molar-refractivity contribution in [1.82, 2.24) is 0 Å². The van der Waals surface area contributed by atoms with Gasteiger partial charge in [0.15, 0.2) is 0 Å². The Kier molecular flexibility index (Phi) is 4.56. The van der Waals surface area contributed by atoms with E-state index < -0.39 is 0 Å². The molecule has 0 bridgehead atoms. The van der Waals surface area contributed by atoms with Crippen LogP contribution in [0.5, 0.6) is 5.75 Å². The molecule has 0 aromatic heterocycles. The van der Waals surface area contributed by atoms with Gasteiger partial charge in [-0.05, 0) is 57.6 Å². The Morgan fingerprint density at radius 1 is 1.21 bits per heavy atom. The van der Waals surface area contributed by atoms with Crippen molar-refractivity contribution < 1.29 is 4.74 Å². The second-order valence-corrected chi connectivity index (χ2v) is 6.02. The van der Waals surface area contributed by atoms with E-state index in [1.165, 1.54) is 25.7 Å². The van der Waals surface area contributed by atoms with E-state index in [-0.39, 0.29) is 6.10 Å². The first kappa shape index (κ1) is 14.0. The maximum absolute atomic E-state index is 5.94. The second kappa shape index (κ2) is 6.18. The van der Waals surface area contributed by atoms with Crippen molar-refractivity contribution in [2.75, 3.05) is 11.1 Å². The van der Waals surface area contributed by atoms with Crippen LogP contribution in [-0.2, 0) is 0 Å². The molecule has 3 nitrogen and oxygen atoms in total. The smallest absolute Gasteiger partial charge is 0.144 e. The number of hydrogen-bond acceptors (Lipinski definition) is 3. The van der Waals surface area contributed by atoms with Gasteiger partial charge in [0.25, 0.3) is 0 Å². The van der Waals surface area contributed by atoms with Crippen molar-refractivity contribution in [3.8, 4) is 5.75 Å². The SMILES string of the molecule is CC1CCC(Nc2ccc(N)c(OC(C)C)c2)CC1. The highest BCUT2D eigenvalue weighted by Gasteiger charge is 2.18. The normalized spacial score (nSPS) is 23.4. The number of rotatable bonds is 4. The Labute approximate surface area is 116 Å². The monoisotopic (exact) mass is 262 g/mol. The van der Waals surface area contributed by atoms with Gasteiger partial charge in [-0.15, -0.1) is 0 Å². The lowest BCUT2D eigenvalue weighted by molar-refractivity contribution is 0.244. The predicted molar refractivity (Wildman–Crippen MR) is 81.7 cm³/mol. The standard InChI is InChI=1S/C16H26N2O/c1-11(2)19-16-10-14(8-9-15(16)17)18-13-6-4-12(3)5-7-13/h8-13,18H,4-7,17H2,1-3H3. The molecular weight excluding hydrogens is 236 g/mol. The fourth-order valence-electron chi connectivity index (χ4n) is 2.62. The van der Waals surface area contributed by atoms with Gasteiger partial charge < -0.3 is 15.8 Å². The summed E-state index contributed by atoms with van der Waals surface area (Å²) in [5, 5.41) is 3.61. The summed E-state index contributed by atoms with van der Waals surface area (Å²) in [5.74, 6) is 1.66. The van der Waals surface area contributed by atoms with Crippen molar-refractivity contribution >= 4 is 11.4 Å². The molecule has 1 fully saturated rings. The second-order valence-electron chi connectivity index (χ2n) is 6.02. The van der Waals surface area contributed by atoms with E-state index in [1.54, 1.807) is 0 Å². The van der Waals surface area contributed by atoms with E-state index in [2.05, 4.69) is 12.2 Å². The summed E-state index contributed by atoms with van der Waals surface area (Å²) in [4.78, 5) is 0. The van der Waals surface area contributed by atoms with Crippen LogP contribution in [0.2, 0.25) is 0 Å². The molecule has 2 rings (SSSR count).